The second-order valence-electron chi connectivity index (χ2n) is 8.43. The molecule has 1 fully saturated rings. The molecule has 34 heavy (non-hydrogen) atoms. The van der Waals surface area contributed by atoms with Gasteiger partial charge in [0.2, 0.25) is 0 Å². The van der Waals surface area contributed by atoms with E-state index < -0.39 is 15.9 Å². The number of methoxy groups -OCH3 is 1. The highest BCUT2D eigenvalue weighted by Gasteiger charge is 2.36. The van der Waals surface area contributed by atoms with Crippen molar-refractivity contribution in [3.05, 3.63) is 84.1 Å². The smallest absolute Gasteiger partial charge is 0.276 e. The highest BCUT2D eigenvalue weighted by Crippen LogP contribution is 2.28. The summed E-state index contributed by atoms with van der Waals surface area (Å²) in [5.41, 5.74) is 1.86. The lowest BCUT2D eigenvalue weighted by Crippen LogP contribution is -2.40. The first-order valence-electron chi connectivity index (χ1n) is 11.0. The predicted molar refractivity (Wildman–Crippen MR) is 129 cm³/mol. The standard InChI is InChI=1S/C26H24N2O5S/c1-32-22-11-9-19(10-12-22)25-15-24(27-33-25)26(29)28(21-13-14-34(30,31)17-21)16-20-7-4-6-18-5-2-3-8-23(18)20/h2-12,15,21H,13-14,16-17H2,1H3. The molecule has 0 spiro atoms. The number of sulfone groups is 1. The van der Waals surface area contributed by atoms with Gasteiger partial charge in [0, 0.05) is 24.2 Å². The quantitative estimate of drug-likeness (QED) is 0.411. The summed E-state index contributed by atoms with van der Waals surface area (Å²) in [7, 11) is -1.59. The minimum atomic E-state index is -3.18. The Hall–Kier alpha value is -3.65. The lowest BCUT2D eigenvalue weighted by Gasteiger charge is -2.28. The zero-order valence-corrected chi connectivity index (χ0v) is 19.5. The normalized spacial score (nSPS) is 17.0. The summed E-state index contributed by atoms with van der Waals surface area (Å²) in [6.45, 7) is 0.283. The van der Waals surface area contributed by atoms with Gasteiger partial charge in [0.25, 0.3) is 5.91 Å². The molecule has 0 radical (unpaired) electrons. The zero-order valence-electron chi connectivity index (χ0n) is 18.7. The van der Waals surface area contributed by atoms with E-state index in [9.17, 15) is 13.2 Å². The molecule has 0 N–H and O–H groups in total. The Morgan fingerprint density at radius 3 is 2.59 bits per heavy atom. The van der Waals surface area contributed by atoms with Gasteiger partial charge in [0.05, 0.1) is 18.6 Å². The second kappa shape index (κ2) is 8.95. The minimum Gasteiger partial charge on any atom is -0.497 e. The lowest BCUT2D eigenvalue weighted by atomic mass is 10.0. The van der Waals surface area contributed by atoms with E-state index in [4.69, 9.17) is 9.26 Å². The Morgan fingerprint density at radius 2 is 1.85 bits per heavy atom. The molecule has 1 atom stereocenters. The van der Waals surface area contributed by atoms with Crippen molar-refractivity contribution in [1.29, 1.82) is 0 Å². The Kier molecular flexibility index (Phi) is 5.83. The molecule has 3 aromatic carbocycles. The molecular weight excluding hydrogens is 452 g/mol. The molecule has 1 aliphatic heterocycles. The first kappa shape index (κ1) is 22.2. The van der Waals surface area contributed by atoms with Gasteiger partial charge < -0.3 is 14.2 Å². The maximum absolute atomic E-state index is 13.6. The molecule has 0 aliphatic carbocycles. The fourth-order valence-electron chi connectivity index (χ4n) is 4.42. The highest BCUT2D eigenvalue weighted by atomic mass is 32.2. The Morgan fingerprint density at radius 1 is 1.09 bits per heavy atom. The molecule has 4 aromatic rings. The number of rotatable bonds is 6. The number of hydrogen-bond donors (Lipinski definition) is 0. The lowest BCUT2D eigenvalue weighted by molar-refractivity contribution is 0.0671. The van der Waals surface area contributed by atoms with E-state index >= 15 is 0 Å². The fraction of sp³-hybridized carbons (Fsp3) is 0.231. The average Bonchev–Trinajstić information content (AvgIpc) is 3.49. The number of ether oxygens (including phenoxy) is 1. The SMILES string of the molecule is COc1ccc(-c2cc(C(=O)N(Cc3cccc4ccccc34)C3CCS(=O)(=O)C3)no2)cc1. The van der Waals surface area contributed by atoms with Crippen molar-refractivity contribution in [2.45, 2.75) is 19.0 Å². The molecule has 7 nitrogen and oxygen atoms in total. The van der Waals surface area contributed by atoms with E-state index in [2.05, 4.69) is 5.16 Å². The minimum absolute atomic E-state index is 0.0489. The molecule has 0 saturated carbocycles. The molecule has 1 unspecified atom stereocenters. The van der Waals surface area contributed by atoms with Crippen molar-refractivity contribution >= 4 is 26.5 Å². The van der Waals surface area contributed by atoms with Crippen molar-refractivity contribution in [3.8, 4) is 17.1 Å². The first-order chi connectivity index (χ1) is 16.4. The van der Waals surface area contributed by atoms with E-state index in [0.29, 0.717) is 17.9 Å². The molecule has 1 aromatic heterocycles. The molecule has 1 aliphatic rings. The third-order valence-electron chi connectivity index (χ3n) is 6.23. The van der Waals surface area contributed by atoms with Crippen LogP contribution in [0.3, 0.4) is 0 Å². The maximum Gasteiger partial charge on any atom is 0.276 e. The van der Waals surface area contributed by atoms with Gasteiger partial charge in [0.1, 0.15) is 5.75 Å². The molecule has 0 bridgehead atoms. The van der Waals surface area contributed by atoms with Crippen LogP contribution in [0, 0.1) is 0 Å². The van der Waals surface area contributed by atoms with E-state index in [1.165, 1.54) is 0 Å². The van der Waals surface area contributed by atoms with Crippen LogP contribution in [0.15, 0.2) is 77.3 Å². The Labute approximate surface area is 197 Å². The van der Waals surface area contributed by atoms with Crippen LogP contribution >= 0.6 is 0 Å². The van der Waals surface area contributed by atoms with Gasteiger partial charge in [-0.15, -0.1) is 0 Å². The Balaban J connectivity index is 1.48. The van der Waals surface area contributed by atoms with Crippen LogP contribution in [0.4, 0.5) is 0 Å². The molecule has 1 amide bonds. The van der Waals surface area contributed by atoms with Gasteiger partial charge in [0.15, 0.2) is 21.3 Å². The summed E-state index contributed by atoms with van der Waals surface area (Å²) in [5, 5.41) is 6.12. The van der Waals surface area contributed by atoms with E-state index in [-0.39, 0.29) is 29.7 Å². The van der Waals surface area contributed by atoms with Gasteiger partial charge >= 0.3 is 0 Å². The summed E-state index contributed by atoms with van der Waals surface area (Å²) >= 11 is 0. The van der Waals surface area contributed by atoms with Crippen LogP contribution < -0.4 is 4.74 Å². The second-order valence-corrected chi connectivity index (χ2v) is 10.7. The Bertz CT molecular complexity index is 1440. The number of carbonyl (C=O) groups is 1. The molecule has 1 saturated heterocycles. The topological polar surface area (TPSA) is 89.7 Å². The number of carbonyl (C=O) groups excluding carboxylic acids is 1. The number of aromatic nitrogens is 1. The number of hydrogen-bond acceptors (Lipinski definition) is 6. The van der Waals surface area contributed by atoms with Gasteiger partial charge in [-0.2, -0.15) is 0 Å². The largest absolute Gasteiger partial charge is 0.497 e. The van der Waals surface area contributed by atoms with Gasteiger partial charge in [-0.25, -0.2) is 8.42 Å². The molecule has 174 valence electrons. The molecule has 5 rings (SSSR count). The predicted octanol–water partition coefficient (Wildman–Crippen LogP) is 4.33. The van der Waals surface area contributed by atoms with Crippen molar-refractivity contribution in [2.75, 3.05) is 18.6 Å². The van der Waals surface area contributed by atoms with Gasteiger partial charge in [-0.3, -0.25) is 4.79 Å². The summed E-state index contributed by atoms with van der Waals surface area (Å²) in [5.74, 6) is 0.844. The summed E-state index contributed by atoms with van der Waals surface area (Å²) in [4.78, 5) is 15.2. The third-order valence-corrected chi connectivity index (χ3v) is 7.98. The summed E-state index contributed by atoms with van der Waals surface area (Å²) in [6, 6.07) is 22.3. The number of amides is 1. The first-order valence-corrected chi connectivity index (χ1v) is 12.8. The van der Waals surface area contributed by atoms with Crippen LogP contribution in [0.25, 0.3) is 22.1 Å². The van der Waals surface area contributed by atoms with Crippen molar-refractivity contribution < 1.29 is 22.5 Å². The monoisotopic (exact) mass is 476 g/mol. The van der Waals surface area contributed by atoms with E-state index in [1.54, 1.807) is 30.2 Å². The van der Waals surface area contributed by atoms with Crippen molar-refractivity contribution in [1.82, 2.24) is 10.1 Å². The van der Waals surface area contributed by atoms with E-state index in [1.807, 2.05) is 54.6 Å². The van der Waals surface area contributed by atoms with Crippen LogP contribution in [0.5, 0.6) is 5.75 Å². The van der Waals surface area contributed by atoms with Crippen LogP contribution in [-0.4, -0.2) is 49.0 Å². The van der Waals surface area contributed by atoms with Gasteiger partial charge in [-0.1, -0.05) is 47.6 Å². The molecule has 2 heterocycles. The number of benzene rings is 3. The van der Waals surface area contributed by atoms with Crippen molar-refractivity contribution in [3.63, 3.8) is 0 Å². The third kappa shape index (κ3) is 4.41. The number of fused-ring (bicyclic) bond motifs is 1. The van der Waals surface area contributed by atoms with Crippen molar-refractivity contribution in [2.24, 2.45) is 0 Å². The summed E-state index contributed by atoms with van der Waals surface area (Å²) in [6.07, 6.45) is 0.405. The summed E-state index contributed by atoms with van der Waals surface area (Å²) < 4.78 is 35.1. The van der Waals surface area contributed by atoms with Crippen LogP contribution in [-0.2, 0) is 16.4 Å². The fourth-order valence-corrected chi connectivity index (χ4v) is 6.15. The number of nitrogens with zero attached hydrogens (tertiary/aromatic N) is 2. The van der Waals surface area contributed by atoms with E-state index in [0.717, 1.165) is 21.9 Å². The zero-order chi connectivity index (χ0) is 23.7. The molecule has 8 heteroatoms. The van der Waals surface area contributed by atoms with Crippen LogP contribution in [0.2, 0.25) is 0 Å². The highest BCUT2D eigenvalue weighted by molar-refractivity contribution is 7.91. The van der Waals surface area contributed by atoms with Crippen LogP contribution in [0.1, 0.15) is 22.5 Å². The molecular formula is C26H24N2O5S. The maximum atomic E-state index is 13.6. The average molecular weight is 477 g/mol. The van der Waals surface area contributed by atoms with Gasteiger partial charge in [-0.05, 0) is 47.0 Å².